The van der Waals surface area contributed by atoms with Crippen molar-refractivity contribution in [3.05, 3.63) is 30.7 Å². The molecule has 0 unspecified atom stereocenters. The minimum absolute atomic E-state index is 0.106. The molecular weight excluding hydrogens is 236 g/mol. The number of fused-ring (bicyclic) bond motifs is 1. The van der Waals surface area contributed by atoms with Crippen LogP contribution in [0.3, 0.4) is 0 Å². The van der Waals surface area contributed by atoms with Crippen LogP contribution in [0.4, 0.5) is 14.6 Å². The second-order valence-electron chi connectivity index (χ2n) is 4.57. The average molecular weight is 249 g/mol. The molecule has 0 saturated carbocycles. The molecule has 1 aliphatic rings. The predicted octanol–water partition coefficient (Wildman–Crippen LogP) is 2.87. The maximum Gasteiger partial charge on any atom is 0.251 e. The van der Waals surface area contributed by atoms with Crippen LogP contribution in [0.2, 0.25) is 0 Å². The highest BCUT2D eigenvalue weighted by atomic mass is 19.3. The number of hydrogen-bond donors (Lipinski definition) is 0. The summed E-state index contributed by atoms with van der Waals surface area (Å²) in [7, 11) is 0. The first kappa shape index (κ1) is 11.3. The number of rotatable bonds is 1. The van der Waals surface area contributed by atoms with Crippen molar-refractivity contribution in [2.45, 2.75) is 18.8 Å². The molecule has 0 aliphatic carbocycles. The van der Waals surface area contributed by atoms with E-state index >= 15 is 0 Å². The Kier molecular flexibility index (Phi) is 2.61. The summed E-state index contributed by atoms with van der Waals surface area (Å²) in [5, 5.41) is 1.96. The predicted molar refractivity (Wildman–Crippen MR) is 65.9 cm³/mol. The Morgan fingerprint density at radius 1 is 1.11 bits per heavy atom. The first-order chi connectivity index (χ1) is 8.66. The van der Waals surface area contributed by atoms with Crippen LogP contribution in [0, 0.1) is 0 Å². The molecule has 5 heteroatoms. The topological polar surface area (TPSA) is 29.0 Å². The zero-order valence-electron chi connectivity index (χ0n) is 9.81. The summed E-state index contributed by atoms with van der Waals surface area (Å²) in [5.74, 6) is -1.77. The van der Waals surface area contributed by atoms with Gasteiger partial charge in [0.15, 0.2) is 0 Å². The lowest BCUT2D eigenvalue weighted by atomic mass is 10.1. The molecule has 0 aromatic carbocycles. The van der Waals surface area contributed by atoms with Gasteiger partial charge in [0, 0.05) is 49.9 Å². The van der Waals surface area contributed by atoms with Gasteiger partial charge >= 0.3 is 0 Å². The fraction of sp³-hybridized carbons (Fsp3) is 0.385. The van der Waals surface area contributed by atoms with Gasteiger partial charge in [-0.15, -0.1) is 0 Å². The summed E-state index contributed by atoms with van der Waals surface area (Å²) >= 11 is 0. The second-order valence-corrected chi connectivity index (χ2v) is 4.57. The lowest BCUT2D eigenvalue weighted by Gasteiger charge is -2.33. The Balaban J connectivity index is 1.96. The maximum atomic E-state index is 13.1. The number of anilines is 1. The quantitative estimate of drug-likeness (QED) is 0.778. The molecule has 3 rings (SSSR count). The van der Waals surface area contributed by atoms with E-state index in [0.717, 1.165) is 16.6 Å². The lowest BCUT2D eigenvalue weighted by molar-refractivity contribution is -0.0221. The molecule has 0 spiro atoms. The SMILES string of the molecule is FC1(F)CCN(c2nccc3ccncc23)CC1. The minimum atomic E-state index is -2.53. The number of halogens is 2. The van der Waals surface area contributed by atoms with Crippen molar-refractivity contribution in [1.29, 1.82) is 0 Å². The highest BCUT2D eigenvalue weighted by Gasteiger charge is 2.34. The third-order valence-corrected chi connectivity index (χ3v) is 3.34. The number of alkyl halides is 2. The van der Waals surface area contributed by atoms with Crippen LogP contribution in [-0.4, -0.2) is 29.0 Å². The van der Waals surface area contributed by atoms with Crippen LogP contribution in [0.5, 0.6) is 0 Å². The van der Waals surface area contributed by atoms with Crippen molar-refractivity contribution in [3.63, 3.8) is 0 Å². The van der Waals surface area contributed by atoms with Crippen LogP contribution in [-0.2, 0) is 0 Å². The Bertz CT molecular complexity index is 556. The largest absolute Gasteiger partial charge is 0.356 e. The van der Waals surface area contributed by atoms with E-state index in [4.69, 9.17) is 0 Å². The van der Waals surface area contributed by atoms with Gasteiger partial charge in [0.2, 0.25) is 0 Å². The normalized spacial score (nSPS) is 19.1. The van der Waals surface area contributed by atoms with E-state index in [1.54, 1.807) is 18.6 Å². The van der Waals surface area contributed by atoms with Crippen LogP contribution in [0.25, 0.3) is 10.8 Å². The molecule has 94 valence electrons. The van der Waals surface area contributed by atoms with E-state index in [1.807, 2.05) is 17.0 Å². The average Bonchev–Trinajstić information content (AvgIpc) is 2.38. The number of nitrogens with zero attached hydrogens (tertiary/aromatic N) is 3. The lowest BCUT2D eigenvalue weighted by Crippen LogP contribution is -2.39. The van der Waals surface area contributed by atoms with Gasteiger partial charge in [-0.2, -0.15) is 0 Å². The van der Waals surface area contributed by atoms with Gasteiger partial charge in [-0.3, -0.25) is 4.98 Å². The van der Waals surface area contributed by atoms with Crippen LogP contribution < -0.4 is 4.90 Å². The molecule has 1 fully saturated rings. The van der Waals surface area contributed by atoms with Crippen LogP contribution in [0.15, 0.2) is 30.7 Å². The van der Waals surface area contributed by atoms with Crippen molar-refractivity contribution in [3.8, 4) is 0 Å². The summed E-state index contributed by atoms with van der Waals surface area (Å²) in [6, 6.07) is 3.80. The molecule has 0 amide bonds. The van der Waals surface area contributed by atoms with Crippen molar-refractivity contribution in [1.82, 2.24) is 9.97 Å². The van der Waals surface area contributed by atoms with Gasteiger partial charge in [0.05, 0.1) is 0 Å². The van der Waals surface area contributed by atoms with Crippen LogP contribution >= 0.6 is 0 Å². The highest BCUT2D eigenvalue weighted by Crippen LogP contribution is 2.32. The monoisotopic (exact) mass is 249 g/mol. The molecule has 0 N–H and O–H groups in total. The zero-order chi connectivity index (χ0) is 12.6. The van der Waals surface area contributed by atoms with E-state index in [9.17, 15) is 8.78 Å². The maximum absolute atomic E-state index is 13.1. The smallest absolute Gasteiger partial charge is 0.251 e. The van der Waals surface area contributed by atoms with Crippen LogP contribution in [0.1, 0.15) is 12.8 Å². The zero-order valence-corrected chi connectivity index (χ0v) is 9.81. The van der Waals surface area contributed by atoms with E-state index in [2.05, 4.69) is 9.97 Å². The van der Waals surface area contributed by atoms with Gasteiger partial charge < -0.3 is 4.90 Å². The van der Waals surface area contributed by atoms with E-state index in [-0.39, 0.29) is 12.8 Å². The molecule has 1 saturated heterocycles. The van der Waals surface area contributed by atoms with Crippen molar-refractivity contribution >= 4 is 16.6 Å². The summed E-state index contributed by atoms with van der Waals surface area (Å²) in [6.07, 6.45) is 4.96. The number of aromatic nitrogens is 2. The standard InChI is InChI=1S/C13H13F2N3/c14-13(15)3-7-18(8-4-13)12-11-9-16-5-1-10(11)2-6-17-12/h1-2,5-6,9H,3-4,7-8H2. The number of pyridine rings is 2. The third kappa shape index (κ3) is 2.00. The summed E-state index contributed by atoms with van der Waals surface area (Å²) in [6.45, 7) is 0.683. The van der Waals surface area contributed by atoms with Crippen molar-refractivity contribution in [2.24, 2.45) is 0 Å². The van der Waals surface area contributed by atoms with E-state index in [0.29, 0.717) is 13.1 Å². The Labute approximate surface area is 103 Å². The molecule has 3 nitrogen and oxygen atoms in total. The van der Waals surface area contributed by atoms with Crippen molar-refractivity contribution < 1.29 is 8.78 Å². The Hall–Kier alpha value is -1.78. The van der Waals surface area contributed by atoms with Gasteiger partial charge in [-0.25, -0.2) is 13.8 Å². The molecule has 0 atom stereocenters. The fourth-order valence-corrected chi connectivity index (χ4v) is 2.29. The molecule has 2 aromatic rings. The molecule has 1 aliphatic heterocycles. The fourth-order valence-electron chi connectivity index (χ4n) is 2.29. The Morgan fingerprint density at radius 2 is 1.83 bits per heavy atom. The molecule has 0 bridgehead atoms. The van der Waals surface area contributed by atoms with E-state index < -0.39 is 5.92 Å². The van der Waals surface area contributed by atoms with Gasteiger partial charge in [-0.1, -0.05) is 0 Å². The molecular formula is C13H13F2N3. The van der Waals surface area contributed by atoms with Gasteiger partial charge in [0.25, 0.3) is 5.92 Å². The minimum Gasteiger partial charge on any atom is -0.356 e. The first-order valence-corrected chi connectivity index (χ1v) is 5.97. The first-order valence-electron chi connectivity index (χ1n) is 5.97. The molecule has 3 heterocycles. The molecule has 2 aromatic heterocycles. The van der Waals surface area contributed by atoms with Gasteiger partial charge in [0.1, 0.15) is 5.82 Å². The van der Waals surface area contributed by atoms with Crippen molar-refractivity contribution in [2.75, 3.05) is 18.0 Å². The Morgan fingerprint density at radius 3 is 2.61 bits per heavy atom. The summed E-state index contributed by atoms with van der Waals surface area (Å²) in [4.78, 5) is 10.3. The summed E-state index contributed by atoms with van der Waals surface area (Å²) < 4.78 is 26.3. The van der Waals surface area contributed by atoms with E-state index in [1.165, 1.54) is 0 Å². The second kappa shape index (κ2) is 4.15. The molecule has 18 heavy (non-hydrogen) atoms. The highest BCUT2D eigenvalue weighted by molar-refractivity contribution is 5.91. The number of piperidine rings is 1. The summed E-state index contributed by atoms with van der Waals surface area (Å²) in [5.41, 5.74) is 0. The number of hydrogen-bond acceptors (Lipinski definition) is 3. The van der Waals surface area contributed by atoms with Gasteiger partial charge in [-0.05, 0) is 17.5 Å². The molecule has 0 radical (unpaired) electrons. The third-order valence-electron chi connectivity index (χ3n) is 3.34.